The number of phosphoric acid groups is 1. The number of ether oxygens (including phenoxy) is 4. The van der Waals surface area contributed by atoms with Gasteiger partial charge in [0.2, 0.25) is 5.43 Å². The van der Waals surface area contributed by atoms with E-state index in [4.69, 9.17) is 23.5 Å². The molecule has 18 heteroatoms. The maximum absolute atomic E-state index is 15.9. The van der Waals surface area contributed by atoms with Gasteiger partial charge >= 0.3 is 25.9 Å². The van der Waals surface area contributed by atoms with Crippen molar-refractivity contribution >= 4 is 48.1 Å². The fraction of sp³-hybridized carbons (Fsp3) is 0.368. The zero-order valence-corrected chi connectivity index (χ0v) is 31.0. The molecule has 0 radical (unpaired) electrons. The molecular weight excluding hydrogens is 759 g/mol. The normalized spacial score (nSPS) is 18.2. The van der Waals surface area contributed by atoms with E-state index < -0.39 is 61.2 Å². The molecule has 15 nitrogen and oxygen atoms in total. The molecule has 0 spiro atoms. The second-order valence-electron chi connectivity index (χ2n) is 13.9. The summed E-state index contributed by atoms with van der Waals surface area (Å²) in [7, 11) is -5.08. The minimum atomic E-state index is -5.08. The van der Waals surface area contributed by atoms with Crippen molar-refractivity contribution in [3.8, 4) is 5.75 Å². The summed E-state index contributed by atoms with van der Waals surface area (Å²) < 4.78 is 71.7. The molecule has 2 saturated heterocycles. The van der Waals surface area contributed by atoms with Crippen molar-refractivity contribution in [2.45, 2.75) is 56.9 Å². The Bertz CT molecular complexity index is 2270. The molecule has 0 unspecified atom stereocenters. The number of carbonyl (C=O) groups excluding carboxylic acids is 3. The van der Waals surface area contributed by atoms with Crippen LogP contribution in [-0.2, 0) is 34.7 Å². The Kier molecular flexibility index (Phi) is 10.9. The first kappa shape index (κ1) is 38.9. The predicted octanol–water partition coefficient (Wildman–Crippen LogP) is 5.39. The SMILES string of the molecule is CC(=O)OC[C@H]1COC(=O)N1c1ccc(OCC2(OP(=O)(O)O)CCN(c3cc4c(cc3F)c(=O)c(C(=O)OCc3ccccc3)cn4C3CC3)CC2)cc1F. The Hall–Kier alpha value is -5.35. The van der Waals surface area contributed by atoms with E-state index in [-0.39, 0.29) is 79.9 Å². The lowest BCUT2D eigenvalue weighted by Crippen LogP contribution is -2.49. The Balaban J connectivity index is 1.08. The Morgan fingerprint density at radius 3 is 2.34 bits per heavy atom. The van der Waals surface area contributed by atoms with Gasteiger partial charge in [-0.05, 0) is 55.5 Å². The molecule has 1 amide bonds. The van der Waals surface area contributed by atoms with Crippen molar-refractivity contribution in [2.75, 3.05) is 42.7 Å². The number of amides is 1. The number of aromatic nitrogens is 1. The number of pyridine rings is 1. The topological polar surface area (TPSA) is 183 Å². The van der Waals surface area contributed by atoms with Crippen LogP contribution in [0.1, 0.15) is 54.6 Å². The van der Waals surface area contributed by atoms with Crippen LogP contribution in [0, 0.1) is 11.6 Å². The number of halogens is 2. The number of fused-ring (bicyclic) bond motifs is 1. The predicted molar refractivity (Wildman–Crippen MR) is 195 cm³/mol. The highest BCUT2D eigenvalue weighted by Gasteiger charge is 2.43. The quantitative estimate of drug-likeness (QED) is 0.0999. The van der Waals surface area contributed by atoms with Crippen LogP contribution < -0.4 is 20.0 Å². The average molecular weight is 798 g/mol. The van der Waals surface area contributed by atoms with Gasteiger partial charge in [0.1, 0.15) is 55.2 Å². The van der Waals surface area contributed by atoms with Gasteiger partial charge in [-0.3, -0.25) is 19.0 Å². The van der Waals surface area contributed by atoms with Gasteiger partial charge in [0, 0.05) is 43.7 Å². The van der Waals surface area contributed by atoms with Gasteiger partial charge in [-0.25, -0.2) is 22.9 Å². The minimum absolute atomic E-state index is 0.00913. The third-order valence-corrected chi connectivity index (χ3v) is 10.5. The van der Waals surface area contributed by atoms with Crippen LogP contribution in [0.2, 0.25) is 0 Å². The molecule has 56 heavy (non-hydrogen) atoms. The number of cyclic esters (lactones) is 1. The fourth-order valence-electron chi connectivity index (χ4n) is 6.95. The number of rotatable bonds is 13. The first-order valence-corrected chi connectivity index (χ1v) is 19.4. The van der Waals surface area contributed by atoms with Gasteiger partial charge in [-0.1, -0.05) is 30.3 Å². The molecule has 4 aromatic rings. The second-order valence-corrected chi connectivity index (χ2v) is 15.1. The van der Waals surface area contributed by atoms with Crippen molar-refractivity contribution in [1.82, 2.24) is 4.57 Å². The molecule has 0 bridgehead atoms. The highest BCUT2D eigenvalue weighted by molar-refractivity contribution is 7.46. The number of phosphoric ester groups is 1. The van der Waals surface area contributed by atoms with Crippen LogP contribution in [0.5, 0.6) is 5.75 Å². The third kappa shape index (κ3) is 8.55. The lowest BCUT2D eigenvalue weighted by atomic mass is 9.92. The largest absolute Gasteiger partial charge is 0.490 e. The average Bonchev–Trinajstić information content (AvgIpc) is 3.94. The van der Waals surface area contributed by atoms with Gasteiger partial charge in [-0.15, -0.1) is 0 Å². The zero-order valence-electron chi connectivity index (χ0n) is 30.1. The summed E-state index contributed by atoms with van der Waals surface area (Å²) in [5, 5.41) is 0.0108. The molecule has 296 valence electrons. The van der Waals surface area contributed by atoms with Gasteiger partial charge in [0.15, 0.2) is 5.82 Å². The van der Waals surface area contributed by atoms with Gasteiger partial charge < -0.3 is 38.2 Å². The van der Waals surface area contributed by atoms with Crippen LogP contribution in [0.25, 0.3) is 10.9 Å². The zero-order chi connectivity index (χ0) is 39.8. The monoisotopic (exact) mass is 797 g/mol. The molecule has 2 aliphatic heterocycles. The number of nitrogens with zero attached hydrogens (tertiary/aromatic N) is 3. The van der Waals surface area contributed by atoms with Gasteiger partial charge in [0.05, 0.1) is 16.9 Å². The highest BCUT2D eigenvalue weighted by Crippen LogP contribution is 2.46. The molecule has 2 N–H and O–H groups in total. The lowest BCUT2D eigenvalue weighted by Gasteiger charge is -2.42. The summed E-state index contributed by atoms with van der Waals surface area (Å²) in [6.45, 7) is 0.503. The maximum atomic E-state index is 15.9. The summed E-state index contributed by atoms with van der Waals surface area (Å²) in [4.78, 5) is 72.6. The van der Waals surface area contributed by atoms with Crippen molar-refractivity contribution in [1.29, 1.82) is 0 Å². The molecular formula is C38H38F2N3O12P. The number of piperidine rings is 1. The summed E-state index contributed by atoms with van der Waals surface area (Å²) in [5.41, 5.74) is -1.30. The number of benzene rings is 3. The number of hydrogen-bond donors (Lipinski definition) is 2. The molecule has 1 aromatic heterocycles. The molecule has 3 aromatic carbocycles. The number of esters is 2. The first-order chi connectivity index (χ1) is 26.7. The van der Waals surface area contributed by atoms with Crippen LogP contribution in [0.4, 0.5) is 25.0 Å². The van der Waals surface area contributed by atoms with Gasteiger partial charge in [0.25, 0.3) is 0 Å². The Morgan fingerprint density at radius 1 is 0.964 bits per heavy atom. The van der Waals surface area contributed by atoms with Crippen molar-refractivity contribution in [2.24, 2.45) is 0 Å². The Morgan fingerprint density at radius 2 is 1.68 bits per heavy atom. The second kappa shape index (κ2) is 15.7. The van der Waals surface area contributed by atoms with E-state index >= 15 is 8.78 Å². The van der Waals surface area contributed by atoms with E-state index in [0.717, 1.165) is 35.4 Å². The maximum Gasteiger partial charge on any atom is 0.470 e. The molecule has 7 rings (SSSR count). The number of hydrogen-bond acceptors (Lipinski definition) is 11. The summed E-state index contributed by atoms with van der Waals surface area (Å²) in [6.07, 6.45) is 2.12. The smallest absolute Gasteiger partial charge is 0.470 e. The van der Waals surface area contributed by atoms with Gasteiger partial charge in [-0.2, -0.15) is 0 Å². The molecule has 3 fully saturated rings. The van der Waals surface area contributed by atoms with Crippen molar-refractivity contribution in [3.63, 3.8) is 0 Å². The van der Waals surface area contributed by atoms with E-state index in [1.807, 2.05) is 6.07 Å². The van der Waals surface area contributed by atoms with E-state index in [1.165, 1.54) is 31.3 Å². The van der Waals surface area contributed by atoms with E-state index in [9.17, 15) is 33.5 Å². The molecule has 3 aliphatic rings. The van der Waals surface area contributed by atoms with Crippen LogP contribution in [-0.4, -0.2) is 76.9 Å². The van der Waals surface area contributed by atoms with Crippen LogP contribution in [0.15, 0.2) is 71.7 Å². The minimum Gasteiger partial charge on any atom is -0.490 e. The molecule has 1 aliphatic carbocycles. The number of carbonyl (C=O) groups is 3. The van der Waals surface area contributed by atoms with Crippen LogP contribution >= 0.6 is 7.82 Å². The first-order valence-electron chi connectivity index (χ1n) is 17.8. The van der Waals surface area contributed by atoms with Crippen LogP contribution in [0.3, 0.4) is 0 Å². The molecule has 3 heterocycles. The van der Waals surface area contributed by atoms with Crippen molar-refractivity contribution in [3.05, 3.63) is 99.8 Å². The van der Waals surface area contributed by atoms with E-state index in [0.29, 0.717) is 5.52 Å². The number of anilines is 2. The highest BCUT2D eigenvalue weighted by atomic mass is 31.2. The molecule has 1 saturated carbocycles. The lowest BCUT2D eigenvalue weighted by molar-refractivity contribution is -0.141. The van der Waals surface area contributed by atoms with E-state index in [1.54, 1.807) is 33.7 Å². The summed E-state index contributed by atoms with van der Waals surface area (Å²) >= 11 is 0. The summed E-state index contributed by atoms with van der Waals surface area (Å²) in [6, 6.07) is 14.4. The van der Waals surface area contributed by atoms with Crippen molar-refractivity contribution < 1.29 is 61.0 Å². The Labute approximate surface area is 318 Å². The summed E-state index contributed by atoms with van der Waals surface area (Å²) in [5.74, 6) is -3.05. The third-order valence-electron chi connectivity index (χ3n) is 9.92. The standard InChI is InChI=1S/C38H38F2N3O12P/c1-23(44)51-20-26-21-53-37(47)43(26)32-10-9-27(15-30(32)39)54-22-38(55-56(48,49)50)11-13-41(14-12-38)34-17-33-28(16-31(34)40)35(45)29(18-42(33)25-7-8-25)36(46)52-19-24-5-3-2-4-6-24/h2-6,9-10,15-18,25-26H,7-8,11-14,19-22H2,1H3,(H2,48,49,50)/t26-/m0/s1. The molecule has 1 atom stereocenters. The fourth-order valence-corrected chi connectivity index (χ4v) is 7.69. The van der Waals surface area contributed by atoms with E-state index in [2.05, 4.69) is 0 Å².